The van der Waals surface area contributed by atoms with Crippen molar-refractivity contribution in [2.75, 3.05) is 26.3 Å². The molecule has 2 N–H and O–H groups in total. The van der Waals surface area contributed by atoms with Crippen LogP contribution in [-0.4, -0.2) is 49.1 Å². The standard InChI is InChI=1S/C18H25N3O3/c22-17(10-16-13-24-9-7-19-16)20-11-14-4-1-2-5-15(14)12-21-8-3-6-18(21)23/h1-2,4-5,16,19H,3,6-13H2,(H,20,22). The second-order valence-electron chi connectivity index (χ2n) is 6.39. The van der Waals surface area contributed by atoms with Crippen molar-refractivity contribution in [1.82, 2.24) is 15.5 Å². The zero-order chi connectivity index (χ0) is 16.8. The molecule has 2 aliphatic rings. The number of ether oxygens (including phenoxy) is 1. The second kappa shape index (κ2) is 8.26. The van der Waals surface area contributed by atoms with Gasteiger partial charge < -0.3 is 20.3 Å². The lowest BCUT2D eigenvalue weighted by molar-refractivity contribution is -0.128. The summed E-state index contributed by atoms with van der Waals surface area (Å²) in [7, 11) is 0. The molecule has 2 saturated heterocycles. The zero-order valence-corrected chi connectivity index (χ0v) is 13.9. The maximum atomic E-state index is 12.1. The van der Waals surface area contributed by atoms with E-state index < -0.39 is 0 Å². The molecule has 2 aliphatic heterocycles. The lowest BCUT2D eigenvalue weighted by Crippen LogP contribution is -2.44. The van der Waals surface area contributed by atoms with Crippen molar-refractivity contribution >= 4 is 11.8 Å². The van der Waals surface area contributed by atoms with Crippen molar-refractivity contribution in [3.8, 4) is 0 Å². The number of nitrogens with one attached hydrogen (secondary N) is 2. The van der Waals surface area contributed by atoms with Gasteiger partial charge in [0.05, 0.1) is 13.2 Å². The molecule has 6 heteroatoms. The highest BCUT2D eigenvalue weighted by Gasteiger charge is 2.21. The predicted molar refractivity (Wildman–Crippen MR) is 90.2 cm³/mol. The van der Waals surface area contributed by atoms with E-state index in [9.17, 15) is 9.59 Å². The third kappa shape index (κ3) is 4.55. The average molecular weight is 331 g/mol. The van der Waals surface area contributed by atoms with Crippen molar-refractivity contribution in [3.05, 3.63) is 35.4 Å². The lowest BCUT2D eigenvalue weighted by atomic mass is 10.1. The normalized spacial score (nSPS) is 21.1. The van der Waals surface area contributed by atoms with Crippen LogP contribution in [0.4, 0.5) is 0 Å². The predicted octanol–water partition coefficient (Wildman–Crippen LogP) is 0.804. The third-order valence-electron chi connectivity index (χ3n) is 4.56. The average Bonchev–Trinajstić information content (AvgIpc) is 3.00. The maximum absolute atomic E-state index is 12.1. The monoisotopic (exact) mass is 331 g/mol. The number of carbonyl (C=O) groups excluding carboxylic acids is 2. The highest BCUT2D eigenvalue weighted by atomic mass is 16.5. The summed E-state index contributed by atoms with van der Waals surface area (Å²) in [5, 5.41) is 6.27. The molecular weight excluding hydrogens is 306 g/mol. The van der Waals surface area contributed by atoms with Crippen LogP contribution in [0.3, 0.4) is 0 Å². The Morgan fingerprint density at radius 3 is 2.88 bits per heavy atom. The van der Waals surface area contributed by atoms with E-state index in [1.54, 1.807) is 0 Å². The number of hydrogen-bond donors (Lipinski definition) is 2. The first-order chi connectivity index (χ1) is 11.7. The zero-order valence-electron chi connectivity index (χ0n) is 13.9. The summed E-state index contributed by atoms with van der Waals surface area (Å²) in [6, 6.07) is 8.08. The molecule has 0 spiro atoms. The largest absolute Gasteiger partial charge is 0.378 e. The maximum Gasteiger partial charge on any atom is 0.222 e. The quantitative estimate of drug-likeness (QED) is 0.809. The molecule has 2 fully saturated rings. The molecule has 1 atom stereocenters. The molecule has 130 valence electrons. The summed E-state index contributed by atoms with van der Waals surface area (Å²) in [5.74, 6) is 0.238. The first kappa shape index (κ1) is 16.9. The van der Waals surface area contributed by atoms with Crippen molar-refractivity contribution in [3.63, 3.8) is 0 Å². The highest BCUT2D eigenvalue weighted by Crippen LogP contribution is 2.17. The van der Waals surface area contributed by atoms with E-state index in [2.05, 4.69) is 10.6 Å². The molecule has 24 heavy (non-hydrogen) atoms. The molecule has 0 aliphatic carbocycles. The second-order valence-corrected chi connectivity index (χ2v) is 6.39. The topological polar surface area (TPSA) is 70.7 Å². The van der Waals surface area contributed by atoms with E-state index in [0.29, 0.717) is 39.1 Å². The summed E-state index contributed by atoms with van der Waals surface area (Å²) in [6.45, 7) is 4.03. The molecule has 1 unspecified atom stereocenters. The molecule has 3 rings (SSSR count). The van der Waals surface area contributed by atoms with Crippen LogP contribution in [0.25, 0.3) is 0 Å². The van der Waals surface area contributed by atoms with Gasteiger partial charge in [0.25, 0.3) is 0 Å². The number of carbonyl (C=O) groups is 2. The number of nitrogens with zero attached hydrogens (tertiary/aromatic N) is 1. The van der Waals surface area contributed by atoms with Crippen molar-refractivity contribution in [2.45, 2.75) is 38.4 Å². The Morgan fingerprint density at radius 1 is 1.33 bits per heavy atom. The molecular formula is C18H25N3O3. The molecule has 0 aromatic heterocycles. The van der Waals surface area contributed by atoms with E-state index in [4.69, 9.17) is 4.74 Å². The van der Waals surface area contributed by atoms with Crippen LogP contribution in [-0.2, 0) is 27.4 Å². The molecule has 2 amide bonds. The number of amides is 2. The Labute approximate surface area is 142 Å². The third-order valence-corrected chi connectivity index (χ3v) is 4.56. The summed E-state index contributed by atoms with van der Waals surface area (Å²) in [4.78, 5) is 25.8. The van der Waals surface area contributed by atoms with Crippen molar-refractivity contribution < 1.29 is 14.3 Å². The molecule has 1 aromatic rings. The molecule has 0 bridgehead atoms. The van der Waals surface area contributed by atoms with Crippen LogP contribution in [0.5, 0.6) is 0 Å². The minimum atomic E-state index is 0.0186. The Bertz CT molecular complexity index is 585. The minimum Gasteiger partial charge on any atom is -0.378 e. The fourth-order valence-corrected chi connectivity index (χ4v) is 3.20. The van der Waals surface area contributed by atoms with Gasteiger partial charge >= 0.3 is 0 Å². The van der Waals surface area contributed by atoms with Gasteiger partial charge in [-0.25, -0.2) is 0 Å². The van der Waals surface area contributed by atoms with Gasteiger partial charge in [0.2, 0.25) is 11.8 Å². The van der Waals surface area contributed by atoms with Crippen LogP contribution in [0, 0.1) is 0 Å². The van der Waals surface area contributed by atoms with Crippen LogP contribution in [0.1, 0.15) is 30.4 Å². The SMILES string of the molecule is O=C(CC1COCCN1)NCc1ccccc1CN1CCCC1=O. The molecule has 0 saturated carbocycles. The number of likely N-dealkylation sites (tertiary alicyclic amines) is 1. The summed E-state index contributed by atoms with van der Waals surface area (Å²) in [5.41, 5.74) is 2.17. The number of hydrogen-bond acceptors (Lipinski definition) is 4. The first-order valence-electron chi connectivity index (χ1n) is 8.65. The summed E-state index contributed by atoms with van der Waals surface area (Å²) < 4.78 is 5.37. The Morgan fingerprint density at radius 2 is 2.17 bits per heavy atom. The number of rotatable bonds is 6. The minimum absolute atomic E-state index is 0.0186. The lowest BCUT2D eigenvalue weighted by Gasteiger charge is -2.23. The fourth-order valence-electron chi connectivity index (χ4n) is 3.20. The Balaban J connectivity index is 1.52. The smallest absolute Gasteiger partial charge is 0.222 e. The van der Waals surface area contributed by atoms with Gasteiger partial charge in [-0.15, -0.1) is 0 Å². The number of benzene rings is 1. The van der Waals surface area contributed by atoms with E-state index in [1.165, 1.54) is 0 Å². The van der Waals surface area contributed by atoms with Crippen LogP contribution < -0.4 is 10.6 Å². The van der Waals surface area contributed by atoms with E-state index in [0.717, 1.165) is 30.6 Å². The van der Waals surface area contributed by atoms with Gasteiger partial charge in [0.1, 0.15) is 0 Å². The van der Waals surface area contributed by atoms with Crippen LogP contribution in [0.2, 0.25) is 0 Å². The van der Waals surface area contributed by atoms with Gasteiger partial charge in [0.15, 0.2) is 0 Å². The van der Waals surface area contributed by atoms with E-state index in [1.807, 2.05) is 29.2 Å². The Hall–Kier alpha value is -1.92. The molecule has 6 nitrogen and oxygen atoms in total. The van der Waals surface area contributed by atoms with Gasteiger partial charge in [-0.3, -0.25) is 9.59 Å². The van der Waals surface area contributed by atoms with Crippen molar-refractivity contribution in [1.29, 1.82) is 0 Å². The van der Waals surface area contributed by atoms with E-state index >= 15 is 0 Å². The van der Waals surface area contributed by atoms with E-state index in [-0.39, 0.29) is 17.9 Å². The van der Waals surface area contributed by atoms with Gasteiger partial charge in [-0.1, -0.05) is 24.3 Å². The number of morpholine rings is 1. The van der Waals surface area contributed by atoms with Crippen LogP contribution in [0.15, 0.2) is 24.3 Å². The summed E-state index contributed by atoms with van der Waals surface area (Å²) in [6.07, 6.45) is 2.01. The van der Waals surface area contributed by atoms with Gasteiger partial charge in [-0.2, -0.15) is 0 Å². The first-order valence-corrected chi connectivity index (χ1v) is 8.65. The van der Waals surface area contributed by atoms with Crippen molar-refractivity contribution in [2.24, 2.45) is 0 Å². The van der Waals surface area contributed by atoms with Gasteiger partial charge in [-0.05, 0) is 17.5 Å². The summed E-state index contributed by atoms with van der Waals surface area (Å²) >= 11 is 0. The van der Waals surface area contributed by atoms with Gasteiger partial charge in [0, 0.05) is 45.1 Å². The molecule has 1 aromatic carbocycles. The highest BCUT2D eigenvalue weighted by molar-refractivity contribution is 5.78. The Kier molecular flexibility index (Phi) is 5.82. The molecule has 0 radical (unpaired) electrons. The van der Waals surface area contributed by atoms with Crippen LogP contribution >= 0.6 is 0 Å². The molecule has 2 heterocycles. The fraction of sp³-hybridized carbons (Fsp3) is 0.556.